The maximum absolute atomic E-state index is 12.3. The molecule has 0 atom stereocenters. The highest BCUT2D eigenvalue weighted by Crippen LogP contribution is 2.27. The third-order valence-corrected chi connectivity index (χ3v) is 4.87. The van der Waals surface area contributed by atoms with Gasteiger partial charge in [0.25, 0.3) is 10.0 Å². The van der Waals surface area contributed by atoms with Gasteiger partial charge >= 0.3 is 0 Å². The van der Waals surface area contributed by atoms with Crippen LogP contribution in [0, 0.1) is 0 Å². The van der Waals surface area contributed by atoms with Crippen molar-refractivity contribution in [2.24, 2.45) is 5.73 Å². The van der Waals surface area contributed by atoms with E-state index < -0.39 is 10.0 Å². The Hall–Kier alpha value is -1.27. The standard InChI is InChI=1S/C13H12Cl2N2O2S/c14-11-6-5-10(7-12(11)15)17-20(18,19)13-4-2-1-3-9(13)8-16/h1-7,17H,8,16H2. The van der Waals surface area contributed by atoms with Crippen LogP contribution in [-0.4, -0.2) is 8.42 Å². The zero-order valence-corrected chi connectivity index (χ0v) is 12.6. The molecule has 0 unspecified atom stereocenters. The number of halogens is 2. The fraction of sp³-hybridized carbons (Fsp3) is 0.0769. The van der Waals surface area contributed by atoms with Gasteiger partial charge in [0.1, 0.15) is 0 Å². The maximum atomic E-state index is 12.3. The van der Waals surface area contributed by atoms with Gasteiger partial charge in [-0.2, -0.15) is 0 Å². The predicted molar refractivity (Wildman–Crippen MR) is 81.6 cm³/mol. The van der Waals surface area contributed by atoms with Gasteiger partial charge in [0, 0.05) is 6.54 Å². The molecule has 106 valence electrons. The van der Waals surface area contributed by atoms with Crippen molar-refractivity contribution in [1.29, 1.82) is 0 Å². The average Bonchev–Trinajstić information content (AvgIpc) is 2.42. The summed E-state index contributed by atoms with van der Waals surface area (Å²) in [6, 6.07) is 11.1. The summed E-state index contributed by atoms with van der Waals surface area (Å²) in [5.74, 6) is 0. The van der Waals surface area contributed by atoms with Crippen LogP contribution in [0.5, 0.6) is 0 Å². The second-order valence-corrected chi connectivity index (χ2v) is 6.51. The molecular formula is C13H12Cl2N2O2S. The van der Waals surface area contributed by atoms with Crippen LogP contribution in [0.15, 0.2) is 47.4 Å². The van der Waals surface area contributed by atoms with Gasteiger partial charge in [-0.05, 0) is 29.8 Å². The summed E-state index contributed by atoms with van der Waals surface area (Å²) in [5, 5.41) is 0.635. The summed E-state index contributed by atoms with van der Waals surface area (Å²) in [6.07, 6.45) is 0. The fourth-order valence-electron chi connectivity index (χ4n) is 1.70. The highest BCUT2D eigenvalue weighted by molar-refractivity contribution is 7.92. The largest absolute Gasteiger partial charge is 0.326 e. The Morgan fingerprint density at radius 2 is 1.75 bits per heavy atom. The summed E-state index contributed by atoms with van der Waals surface area (Å²) in [7, 11) is -3.72. The number of hydrogen-bond donors (Lipinski definition) is 2. The molecule has 2 aromatic carbocycles. The first-order valence-electron chi connectivity index (χ1n) is 5.70. The molecule has 0 spiro atoms. The molecule has 0 saturated heterocycles. The van der Waals surface area contributed by atoms with Crippen LogP contribution in [0.1, 0.15) is 5.56 Å². The number of nitrogens with two attached hydrogens (primary N) is 1. The Bertz CT molecular complexity index is 733. The van der Waals surface area contributed by atoms with E-state index in [4.69, 9.17) is 28.9 Å². The Balaban J connectivity index is 2.38. The monoisotopic (exact) mass is 330 g/mol. The van der Waals surface area contributed by atoms with Gasteiger partial charge in [-0.25, -0.2) is 8.42 Å². The molecule has 0 aliphatic carbocycles. The van der Waals surface area contributed by atoms with E-state index in [1.807, 2.05) is 0 Å². The molecule has 0 fully saturated rings. The molecular weight excluding hydrogens is 319 g/mol. The predicted octanol–water partition coefficient (Wildman–Crippen LogP) is 3.25. The first-order chi connectivity index (χ1) is 9.44. The first-order valence-corrected chi connectivity index (χ1v) is 7.94. The van der Waals surface area contributed by atoms with Gasteiger partial charge in [-0.1, -0.05) is 41.4 Å². The lowest BCUT2D eigenvalue weighted by Crippen LogP contribution is -2.16. The Morgan fingerprint density at radius 3 is 2.40 bits per heavy atom. The summed E-state index contributed by atoms with van der Waals surface area (Å²) in [6.45, 7) is 0.137. The van der Waals surface area contributed by atoms with Gasteiger partial charge in [0.2, 0.25) is 0 Å². The number of benzene rings is 2. The molecule has 0 aromatic heterocycles. The molecule has 0 saturated carbocycles. The summed E-state index contributed by atoms with van der Waals surface area (Å²) in [4.78, 5) is 0.147. The van der Waals surface area contributed by atoms with Crippen molar-refractivity contribution in [1.82, 2.24) is 0 Å². The van der Waals surface area contributed by atoms with Crippen LogP contribution < -0.4 is 10.5 Å². The highest BCUT2D eigenvalue weighted by Gasteiger charge is 2.17. The Morgan fingerprint density at radius 1 is 1.05 bits per heavy atom. The minimum absolute atomic E-state index is 0.137. The second kappa shape index (κ2) is 6.01. The van der Waals surface area contributed by atoms with E-state index in [2.05, 4.69) is 4.72 Å². The highest BCUT2D eigenvalue weighted by atomic mass is 35.5. The molecule has 0 bridgehead atoms. The minimum Gasteiger partial charge on any atom is -0.326 e. The van der Waals surface area contributed by atoms with E-state index in [9.17, 15) is 8.42 Å². The number of anilines is 1. The molecule has 0 aliphatic rings. The van der Waals surface area contributed by atoms with E-state index in [-0.39, 0.29) is 16.5 Å². The van der Waals surface area contributed by atoms with Crippen LogP contribution in [0.3, 0.4) is 0 Å². The van der Waals surface area contributed by atoms with Crippen molar-refractivity contribution in [3.63, 3.8) is 0 Å². The molecule has 0 aliphatic heterocycles. The molecule has 0 heterocycles. The Kier molecular flexibility index (Phi) is 4.55. The smallest absolute Gasteiger partial charge is 0.262 e. The van der Waals surface area contributed by atoms with Gasteiger partial charge in [0.15, 0.2) is 0 Å². The average molecular weight is 331 g/mol. The topological polar surface area (TPSA) is 72.2 Å². The second-order valence-electron chi connectivity index (χ2n) is 4.05. The van der Waals surface area contributed by atoms with Crippen LogP contribution in [0.2, 0.25) is 10.0 Å². The molecule has 4 nitrogen and oxygen atoms in total. The number of sulfonamides is 1. The lowest BCUT2D eigenvalue weighted by atomic mass is 10.2. The maximum Gasteiger partial charge on any atom is 0.262 e. The van der Waals surface area contributed by atoms with E-state index in [0.717, 1.165) is 0 Å². The van der Waals surface area contributed by atoms with Gasteiger partial charge in [-0.15, -0.1) is 0 Å². The van der Waals surface area contributed by atoms with Crippen molar-refractivity contribution in [3.8, 4) is 0 Å². The molecule has 0 radical (unpaired) electrons. The third-order valence-electron chi connectivity index (χ3n) is 2.65. The minimum atomic E-state index is -3.72. The fourth-order valence-corrected chi connectivity index (χ4v) is 3.30. The summed E-state index contributed by atoms with van der Waals surface area (Å²) < 4.78 is 27.1. The van der Waals surface area contributed by atoms with Gasteiger partial charge in [-0.3, -0.25) is 4.72 Å². The summed E-state index contributed by atoms with van der Waals surface area (Å²) in [5.41, 5.74) is 6.43. The van der Waals surface area contributed by atoms with Gasteiger partial charge < -0.3 is 5.73 Å². The molecule has 2 aromatic rings. The number of nitrogens with one attached hydrogen (secondary N) is 1. The molecule has 2 rings (SSSR count). The molecule has 20 heavy (non-hydrogen) atoms. The quantitative estimate of drug-likeness (QED) is 0.903. The van der Waals surface area contributed by atoms with Crippen LogP contribution in [-0.2, 0) is 16.6 Å². The van der Waals surface area contributed by atoms with E-state index in [1.54, 1.807) is 18.2 Å². The lowest BCUT2D eigenvalue weighted by Gasteiger charge is -2.11. The van der Waals surface area contributed by atoms with Crippen molar-refractivity contribution < 1.29 is 8.42 Å². The third kappa shape index (κ3) is 3.24. The molecule has 0 amide bonds. The Labute approximate surface area is 127 Å². The van der Waals surface area contributed by atoms with E-state index in [1.165, 1.54) is 24.3 Å². The lowest BCUT2D eigenvalue weighted by molar-refractivity contribution is 0.600. The first kappa shape index (κ1) is 15.1. The zero-order chi connectivity index (χ0) is 14.8. The normalized spacial score (nSPS) is 11.3. The van der Waals surface area contributed by atoms with Gasteiger partial charge in [0.05, 0.1) is 20.6 Å². The van der Waals surface area contributed by atoms with Crippen LogP contribution >= 0.6 is 23.2 Å². The van der Waals surface area contributed by atoms with Crippen molar-refractivity contribution in [2.45, 2.75) is 11.4 Å². The molecule has 3 N–H and O–H groups in total. The van der Waals surface area contributed by atoms with Crippen LogP contribution in [0.4, 0.5) is 5.69 Å². The summed E-state index contributed by atoms with van der Waals surface area (Å²) >= 11 is 11.7. The van der Waals surface area contributed by atoms with Crippen LogP contribution in [0.25, 0.3) is 0 Å². The SMILES string of the molecule is NCc1ccccc1S(=O)(=O)Nc1ccc(Cl)c(Cl)c1. The van der Waals surface area contributed by atoms with E-state index in [0.29, 0.717) is 16.3 Å². The number of rotatable bonds is 4. The molecule has 7 heteroatoms. The van der Waals surface area contributed by atoms with Crippen molar-refractivity contribution in [3.05, 3.63) is 58.1 Å². The van der Waals surface area contributed by atoms with Crippen molar-refractivity contribution >= 4 is 38.9 Å². The number of hydrogen-bond acceptors (Lipinski definition) is 3. The van der Waals surface area contributed by atoms with Crippen molar-refractivity contribution in [2.75, 3.05) is 4.72 Å². The van der Waals surface area contributed by atoms with E-state index >= 15 is 0 Å². The zero-order valence-electron chi connectivity index (χ0n) is 10.3.